The van der Waals surface area contributed by atoms with Crippen LogP contribution in [0.15, 0.2) is 15.9 Å². The summed E-state index contributed by atoms with van der Waals surface area (Å²) in [7, 11) is 0. The second-order valence-electron chi connectivity index (χ2n) is 4.21. The molecule has 1 heterocycles. The molecule has 0 bridgehead atoms. The van der Waals surface area contributed by atoms with Gasteiger partial charge in [-0.25, -0.2) is 0 Å². The number of nitrogens with two attached hydrogens (primary N) is 1. The molecule has 0 aliphatic heterocycles. The highest BCUT2D eigenvalue weighted by atomic mass is 79.9. The second-order valence-corrected chi connectivity index (χ2v) is 6.70. The molecule has 0 amide bonds. The van der Waals surface area contributed by atoms with E-state index in [4.69, 9.17) is 15.2 Å². The Morgan fingerprint density at radius 2 is 2.12 bits per heavy atom. The smallest absolute Gasteiger partial charge is 0.104 e. The summed E-state index contributed by atoms with van der Waals surface area (Å²) in [5.74, 6) is 0.563. The predicted molar refractivity (Wildman–Crippen MR) is 75.4 cm³/mol. The Balaban J connectivity index is 2.24. The lowest BCUT2D eigenvalue weighted by atomic mass is 10.2. The van der Waals surface area contributed by atoms with E-state index in [9.17, 15) is 0 Å². The van der Waals surface area contributed by atoms with Gasteiger partial charge in [0.1, 0.15) is 6.10 Å². The topological polar surface area (TPSA) is 44.5 Å². The molecule has 1 rings (SSSR count). The third-order valence-electron chi connectivity index (χ3n) is 2.12. The van der Waals surface area contributed by atoms with E-state index >= 15 is 0 Å². The van der Waals surface area contributed by atoms with Crippen LogP contribution in [0.25, 0.3) is 0 Å². The summed E-state index contributed by atoms with van der Waals surface area (Å²) in [6.45, 7) is 6.75. The maximum absolute atomic E-state index is 5.71. The number of thiophene rings is 1. The number of hydrogen-bond acceptors (Lipinski definition) is 4. The second kappa shape index (κ2) is 8.21. The average molecular weight is 322 g/mol. The van der Waals surface area contributed by atoms with E-state index < -0.39 is 0 Å². The highest BCUT2D eigenvalue weighted by Gasteiger charge is 2.12. The molecule has 1 aromatic heterocycles. The normalized spacial score (nSPS) is 13.2. The molecule has 98 valence electrons. The van der Waals surface area contributed by atoms with Crippen molar-refractivity contribution in [1.29, 1.82) is 0 Å². The Labute approximate surface area is 115 Å². The van der Waals surface area contributed by atoms with Crippen molar-refractivity contribution < 1.29 is 9.47 Å². The first kappa shape index (κ1) is 15.1. The molecule has 1 atom stereocenters. The van der Waals surface area contributed by atoms with E-state index in [0.29, 0.717) is 25.7 Å². The van der Waals surface area contributed by atoms with Crippen LogP contribution in [0, 0.1) is 5.92 Å². The van der Waals surface area contributed by atoms with Crippen LogP contribution in [0.2, 0.25) is 0 Å². The molecule has 0 radical (unpaired) electrons. The summed E-state index contributed by atoms with van der Waals surface area (Å²) in [4.78, 5) is 1.16. The van der Waals surface area contributed by atoms with Gasteiger partial charge < -0.3 is 15.2 Å². The van der Waals surface area contributed by atoms with Gasteiger partial charge in [0, 0.05) is 18.0 Å². The van der Waals surface area contributed by atoms with Gasteiger partial charge in [0.2, 0.25) is 0 Å². The van der Waals surface area contributed by atoms with E-state index in [1.54, 1.807) is 11.3 Å². The molecule has 0 saturated carbocycles. The van der Waals surface area contributed by atoms with Crippen molar-refractivity contribution in [1.82, 2.24) is 0 Å². The summed E-state index contributed by atoms with van der Waals surface area (Å²) < 4.78 is 12.3. The predicted octanol–water partition coefficient (Wildman–Crippen LogP) is 3.20. The van der Waals surface area contributed by atoms with Gasteiger partial charge in [-0.1, -0.05) is 13.8 Å². The van der Waals surface area contributed by atoms with Crippen LogP contribution >= 0.6 is 27.3 Å². The maximum atomic E-state index is 5.71. The van der Waals surface area contributed by atoms with Gasteiger partial charge in [-0.2, -0.15) is 0 Å². The van der Waals surface area contributed by atoms with Crippen molar-refractivity contribution in [2.24, 2.45) is 11.7 Å². The van der Waals surface area contributed by atoms with Crippen LogP contribution in [0.1, 0.15) is 24.8 Å². The van der Waals surface area contributed by atoms with E-state index in [2.05, 4.69) is 29.8 Å². The minimum atomic E-state index is -0.0195. The molecule has 0 aromatic carbocycles. The number of rotatable bonds is 8. The standard InChI is InChI=1S/C12H20BrNO2S/c1-9(2)8-15-5-6-16-10(7-14)11-3-4-12(13)17-11/h3-4,9-10H,5-8,14H2,1-2H3. The van der Waals surface area contributed by atoms with Crippen molar-refractivity contribution >= 4 is 27.3 Å². The fourth-order valence-corrected chi connectivity index (χ4v) is 2.82. The van der Waals surface area contributed by atoms with Crippen LogP contribution < -0.4 is 5.73 Å². The minimum absolute atomic E-state index is 0.0195. The lowest BCUT2D eigenvalue weighted by molar-refractivity contribution is 0.00306. The maximum Gasteiger partial charge on any atom is 0.104 e. The third kappa shape index (κ3) is 5.97. The molecule has 1 unspecified atom stereocenters. The fraction of sp³-hybridized carbons (Fsp3) is 0.667. The Morgan fingerprint density at radius 1 is 1.35 bits per heavy atom. The third-order valence-corrected chi connectivity index (χ3v) is 3.84. The van der Waals surface area contributed by atoms with Gasteiger partial charge in [-0.15, -0.1) is 11.3 Å². The summed E-state index contributed by atoms with van der Waals surface area (Å²) in [6.07, 6.45) is -0.0195. The molecule has 0 fully saturated rings. The average Bonchev–Trinajstić information content (AvgIpc) is 2.70. The van der Waals surface area contributed by atoms with Gasteiger partial charge in [0.25, 0.3) is 0 Å². The molecular weight excluding hydrogens is 302 g/mol. The highest BCUT2D eigenvalue weighted by Crippen LogP contribution is 2.28. The molecule has 2 N–H and O–H groups in total. The largest absolute Gasteiger partial charge is 0.379 e. The molecule has 0 aliphatic rings. The molecule has 1 aromatic rings. The minimum Gasteiger partial charge on any atom is -0.379 e. The lowest BCUT2D eigenvalue weighted by Gasteiger charge is -2.14. The van der Waals surface area contributed by atoms with E-state index in [1.165, 1.54) is 0 Å². The zero-order valence-corrected chi connectivity index (χ0v) is 12.7. The van der Waals surface area contributed by atoms with Crippen LogP contribution in [0.3, 0.4) is 0 Å². The lowest BCUT2D eigenvalue weighted by Crippen LogP contribution is -2.17. The molecular formula is C12H20BrNO2S. The summed E-state index contributed by atoms with van der Waals surface area (Å²) in [6, 6.07) is 4.06. The van der Waals surface area contributed by atoms with Crippen molar-refractivity contribution in [3.8, 4) is 0 Å². The quantitative estimate of drug-likeness (QED) is 0.748. The van der Waals surface area contributed by atoms with Crippen LogP contribution in [0.5, 0.6) is 0 Å². The van der Waals surface area contributed by atoms with Crippen molar-refractivity contribution in [2.75, 3.05) is 26.4 Å². The van der Waals surface area contributed by atoms with E-state index in [-0.39, 0.29) is 6.10 Å². The van der Waals surface area contributed by atoms with Gasteiger partial charge in [-0.05, 0) is 34.0 Å². The Hall–Kier alpha value is 0.0600. The van der Waals surface area contributed by atoms with Gasteiger partial charge in [0.05, 0.1) is 17.0 Å². The van der Waals surface area contributed by atoms with Gasteiger partial charge >= 0.3 is 0 Å². The van der Waals surface area contributed by atoms with Crippen LogP contribution in [-0.4, -0.2) is 26.4 Å². The number of halogens is 1. The first-order valence-corrected chi connectivity index (χ1v) is 7.39. The van der Waals surface area contributed by atoms with Gasteiger partial charge in [-0.3, -0.25) is 0 Å². The first-order valence-electron chi connectivity index (χ1n) is 5.78. The summed E-state index contributed by atoms with van der Waals surface area (Å²) in [5, 5.41) is 0. The zero-order valence-electron chi connectivity index (χ0n) is 10.3. The monoisotopic (exact) mass is 321 g/mol. The Bertz CT molecular complexity index is 317. The molecule has 0 saturated heterocycles. The van der Waals surface area contributed by atoms with E-state index in [0.717, 1.165) is 15.3 Å². The molecule has 3 nitrogen and oxygen atoms in total. The van der Waals surface area contributed by atoms with Crippen LogP contribution in [-0.2, 0) is 9.47 Å². The number of ether oxygens (including phenoxy) is 2. The molecule has 5 heteroatoms. The fourth-order valence-electron chi connectivity index (χ4n) is 1.34. The van der Waals surface area contributed by atoms with Crippen molar-refractivity contribution in [3.05, 3.63) is 20.8 Å². The first-order chi connectivity index (χ1) is 8.13. The Morgan fingerprint density at radius 3 is 2.65 bits per heavy atom. The molecule has 0 aliphatic carbocycles. The van der Waals surface area contributed by atoms with E-state index in [1.807, 2.05) is 12.1 Å². The summed E-state index contributed by atoms with van der Waals surface area (Å²) >= 11 is 5.10. The number of hydrogen-bond donors (Lipinski definition) is 1. The van der Waals surface area contributed by atoms with Crippen molar-refractivity contribution in [2.45, 2.75) is 20.0 Å². The highest BCUT2D eigenvalue weighted by molar-refractivity contribution is 9.11. The Kier molecular flexibility index (Phi) is 7.30. The molecule has 17 heavy (non-hydrogen) atoms. The van der Waals surface area contributed by atoms with Gasteiger partial charge in [0.15, 0.2) is 0 Å². The molecule has 0 spiro atoms. The van der Waals surface area contributed by atoms with Crippen molar-refractivity contribution in [3.63, 3.8) is 0 Å². The zero-order chi connectivity index (χ0) is 12.7. The summed E-state index contributed by atoms with van der Waals surface area (Å²) in [5.41, 5.74) is 5.70. The SMILES string of the molecule is CC(C)COCCOC(CN)c1ccc(Br)s1. The van der Waals surface area contributed by atoms with Crippen LogP contribution in [0.4, 0.5) is 0 Å².